The van der Waals surface area contributed by atoms with E-state index in [0.717, 1.165) is 24.3 Å². The van der Waals surface area contributed by atoms with Crippen molar-refractivity contribution in [3.63, 3.8) is 0 Å². The second kappa shape index (κ2) is 8.60. The van der Waals surface area contributed by atoms with Crippen molar-refractivity contribution >= 4 is 11.8 Å². The third kappa shape index (κ3) is 5.92. The van der Waals surface area contributed by atoms with Crippen LogP contribution in [0.2, 0.25) is 0 Å². The molecule has 0 aliphatic carbocycles. The average molecular weight is 265 g/mol. The van der Waals surface area contributed by atoms with E-state index >= 15 is 0 Å². The Hall–Kier alpha value is -0.470. The SMILES string of the molecule is CCC(CC)Sc1ccc(CNCC(C)C)cc1. The largest absolute Gasteiger partial charge is 0.312 e. The van der Waals surface area contributed by atoms with Gasteiger partial charge in [0.15, 0.2) is 0 Å². The van der Waals surface area contributed by atoms with Crippen LogP contribution in [0, 0.1) is 5.92 Å². The number of hydrogen-bond donors (Lipinski definition) is 1. The van der Waals surface area contributed by atoms with E-state index in [2.05, 4.69) is 57.3 Å². The van der Waals surface area contributed by atoms with Crippen LogP contribution < -0.4 is 5.32 Å². The van der Waals surface area contributed by atoms with Crippen molar-refractivity contribution < 1.29 is 0 Å². The van der Waals surface area contributed by atoms with Crippen LogP contribution in [-0.4, -0.2) is 11.8 Å². The molecule has 0 unspecified atom stereocenters. The Labute approximate surface area is 117 Å². The quantitative estimate of drug-likeness (QED) is 0.683. The first kappa shape index (κ1) is 15.6. The first-order valence-corrected chi connectivity index (χ1v) is 8.00. The van der Waals surface area contributed by atoms with Gasteiger partial charge in [-0.25, -0.2) is 0 Å². The van der Waals surface area contributed by atoms with Gasteiger partial charge in [-0.15, -0.1) is 11.8 Å². The molecule has 2 heteroatoms. The van der Waals surface area contributed by atoms with Crippen molar-refractivity contribution in [2.45, 2.75) is 57.2 Å². The van der Waals surface area contributed by atoms with Crippen molar-refractivity contribution in [1.29, 1.82) is 0 Å². The molecule has 102 valence electrons. The molecule has 1 aromatic rings. The molecule has 1 rings (SSSR count). The molecular weight excluding hydrogens is 238 g/mol. The molecule has 0 radical (unpaired) electrons. The number of hydrogen-bond acceptors (Lipinski definition) is 2. The van der Waals surface area contributed by atoms with E-state index in [9.17, 15) is 0 Å². The van der Waals surface area contributed by atoms with Gasteiger partial charge in [0.2, 0.25) is 0 Å². The topological polar surface area (TPSA) is 12.0 Å². The number of rotatable bonds is 8. The maximum atomic E-state index is 3.48. The van der Waals surface area contributed by atoms with Crippen molar-refractivity contribution in [3.05, 3.63) is 29.8 Å². The molecule has 0 aliphatic rings. The van der Waals surface area contributed by atoms with E-state index in [-0.39, 0.29) is 0 Å². The molecule has 18 heavy (non-hydrogen) atoms. The molecule has 0 amide bonds. The van der Waals surface area contributed by atoms with Gasteiger partial charge < -0.3 is 5.32 Å². The fourth-order valence-electron chi connectivity index (χ4n) is 1.84. The van der Waals surface area contributed by atoms with E-state index < -0.39 is 0 Å². The molecule has 1 N–H and O–H groups in total. The lowest BCUT2D eigenvalue weighted by Gasteiger charge is -2.12. The summed E-state index contributed by atoms with van der Waals surface area (Å²) in [5, 5.41) is 4.24. The van der Waals surface area contributed by atoms with Gasteiger partial charge in [-0.05, 0) is 43.0 Å². The van der Waals surface area contributed by atoms with Crippen LogP contribution in [0.1, 0.15) is 46.1 Å². The Morgan fingerprint density at radius 3 is 2.17 bits per heavy atom. The fraction of sp³-hybridized carbons (Fsp3) is 0.625. The Balaban J connectivity index is 2.42. The highest BCUT2D eigenvalue weighted by Gasteiger charge is 2.05. The van der Waals surface area contributed by atoms with Gasteiger partial charge in [0, 0.05) is 16.7 Å². The maximum absolute atomic E-state index is 3.48. The molecule has 0 atom stereocenters. The zero-order chi connectivity index (χ0) is 13.4. The van der Waals surface area contributed by atoms with E-state index in [1.54, 1.807) is 0 Å². The molecule has 0 saturated carbocycles. The highest BCUT2D eigenvalue weighted by molar-refractivity contribution is 8.00. The molecule has 0 aromatic heterocycles. The lowest BCUT2D eigenvalue weighted by molar-refractivity contribution is 0.552. The Morgan fingerprint density at radius 1 is 1.06 bits per heavy atom. The van der Waals surface area contributed by atoms with Crippen LogP contribution in [0.25, 0.3) is 0 Å². The van der Waals surface area contributed by atoms with Gasteiger partial charge in [-0.2, -0.15) is 0 Å². The molecule has 0 bridgehead atoms. The lowest BCUT2D eigenvalue weighted by atomic mass is 10.2. The predicted molar refractivity (Wildman–Crippen MR) is 83.2 cm³/mol. The summed E-state index contributed by atoms with van der Waals surface area (Å²) in [5.74, 6) is 0.717. The predicted octanol–water partition coefficient (Wildman–Crippen LogP) is 4.71. The van der Waals surface area contributed by atoms with Gasteiger partial charge >= 0.3 is 0 Å². The standard InChI is InChI=1S/C16H27NS/c1-5-15(6-2)18-16-9-7-14(8-10-16)12-17-11-13(3)4/h7-10,13,15,17H,5-6,11-12H2,1-4H3. The smallest absolute Gasteiger partial charge is 0.0205 e. The zero-order valence-electron chi connectivity index (χ0n) is 12.2. The lowest BCUT2D eigenvalue weighted by Crippen LogP contribution is -2.18. The molecule has 1 nitrogen and oxygen atoms in total. The van der Waals surface area contributed by atoms with Crippen LogP contribution in [0.4, 0.5) is 0 Å². The summed E-state index contributed by atoms with van der Waals surface area (Å²) in [7, 11) is 0. The minimum atomic E-state index is 0.717. The third-order valence-corrected chi connectivity index (χ3v) is 4.56. The van der Waals surface area contributed by atoms with E-state index in [1.165, 1.54) is 23.3 Å². The van der Waals surface area contributed by atoms with Crippen molar-refractivity contribution in [1.82, 2.24) is 5.32 Å². The summed E-state index contributed by atoms with van der Waals surface area (Å²) in [6, 6.07) is 9.01. The fourth-order valence-corrected chi connectivity index (χ4v) is 2.85. The summed E-state index contributed by atoms with van der Waals surface area (Å²) in [4.78, 5) is 1.40. The first-order chi connectivity index (χ1) is 8.65. The minimum Gasteiger partial charge on any atom is -0.312 e. The maximum Gasteiger partial charge on any atom is 0.0205 e. The van der Waals surface area contributed by atoms with E-state index in [0.29, 0.717) is 0 Å². The van der Waals surface area contributed by atoms with Crippen LogP contribution >= 0.6 is 11.8 Å². The highest BCUT2D eigenvalue weighted by Crippen LogP contribution is 2.27. The molecule has 0 aliphatic heterocycles. The van der Waals surface area contributed by atoms with Gasteiger partial charge in [-0.3, -0.25) is 0 Å². The normalized spacial score (nSPS) is 11.4. The zero-order valence-corrected chi connectivity index (χ0v) is 13.0. The van der Waals surface area contributed by atoms with Crippen LogP contribution in [-0.2, 0) is 6.54 Å². The second-order valence-corrected chi connectivity index (χ2v) is 6.60. The molecule has 0 fully saturated rings. The summed E-state index contributed by atoms with van der Waals surface area (Å²) in [6.07, 6.45) is 2.50. The van der Waals surface area contributed by atoms with Gasteiger partial charge in [0.05, 0.1) is 0 Å². The number of thioether (sulfide) groups is 1. The van der Waals surface area contributed by atoms with Crippen LogP contribution in [0.3, 0.4) is 0 Å². The number of nitrogens with one attached hydrogen (secondary N) is 1. The van der Waals surface area contributed by atoms with E-state index in [1.807, 2.05) is 11.8 Å². The van der Waals surface area contributed by atoms with Gasteiger partial charge in [0.1, 0.15) is 0 Å². The second-order valence-electron chi connectivity index (χ2n) is 5.23. The molecular formula is C16H27NS. The number of benzene rings is 1. The molecule has 0 saturated heterocycles. The van der Waals surface area contributed by atoms with Crippen molar-refractivity contribution in [2.24, 2.45) is 5.92 Å². The monoisotopic (exact) mass is 265 g/mol. The van der Waals surface area contributed by atoms with Crippen molar-refractivity contribution in [3.8, 4) is 0 Å². The van der Waals surface area contributed by atoms with Crippen molar-refractivity contribution in [2.75, 3.05) is 6.54 Å². The Morgan fingerprint density at radius 2 is 1.67 bits per heavy atom. The first-order valence-electron chi connectivity index (χ1n) is 7.12. The average Bonchev–Trinajstić information content (AvgIpc) is 2.37. The minimum absolute atomic E-state index is 0.717. The Kier molecular flexibility index (Phi) is 7.45. The summed E-state index contributed by atoms with van der Waals surface area (Å²) in [6.45, 7) is 11.1. The summed E-state index contributed by atoms with van der Waals surface area (Å²) < 4.78 is 0. The van der Waals surface area contributed by atoms with Gasteiger partial charge in [-0.1, -0.05) is 39.8 Å². The molecule has 0 spiro atoms. The van der Waals surface area contributed by atoms with Crippen LogP contribution in [0.5, 0.6) is 0 Å². The third-order valence-electron chi connectivity index (χ3n) is 3.02. The van der Waals surface area contributed by atoms with E-state index in [4.69, 9.17) is 0 Å². The molecule has 1 aromatic carbocycles. The Bertz CT molecular complexity index is 314. The summed E-state index contributed by atoms with van der Waals surface area (Å²) >= 11 is 2.01. The van der Waals surface area contributed by atoms with Crippen LogP contribution in [0.15, 0.2) is 29.2 Å². The summed E-state index contributed by atoms with van der Waals surface area (Å²) in [5.41, 5.74) is 1.38. The highest BCUT2D eigenvalue weighted by atomic mass is 32.2. The molecule has 0 heterocycles. The van der Waals surface area contributed by atoms with Gasteiger partial charge in [0.25, 0.3) is 0 Å².